The lowest BCUT2D eigenvalue weighted by molar-refractivity contribution is -0.129. The van der Waals surface area contributed by atoms with Crippen LogP contribution >= 0.6 is 35.9 Å². The Hall–Kier alpha value is -5.89. The summed E-state index contributed by atoms with van der Waals surface area (Å²) in [4.78, 5) is 54.7. The van der Waals surface area contributed by atoms with Crippen LogP contribution < -0.4 is 26.8 Å². The van der Waals surface area contributed by atoms with Crippen molar-refractivity contribution in [1.29, 1.82) is 5.41 Å². The normalized spacial score (nSPS) is 16.3. The van der Waals surface area contributed by atoms with E-state index in [4.69, 9.17) is 22.0 Å². The summed E-state index contributed by atoms with van der Waals surface area (Å²) in [6.07, 6.45) is 4.57. The van der Waals surface area contributed by atoms with Crippen molar-refractivity contribution in [3.8, 4) is 0 Å². The summed E-state index contributed by atoms with van der Waals surface area (Å²) in [5.74, 6) is -0.986. The number of fused-ring (bicyclic) bond motifs is 2. The summed E-state index contributed by atoms with van der Waals surface area (Å²) >= 11 is 3.12. The number of hydrogen-bond acceptors (Lipinski definition) is 10. The number of thioether (sulfide) groups is 2. The van der Waals surface area contributed by atoms with Gasteiger partial charge in [-0.15, -0.1) is 41.0 Å². The van der Waals surface area contributed by atoms with Crippen LogP contribution in [0.4, 0.5) is 0 Å². The van der Waals surface area contributed by atoms with Gasteiger partial charge in [-0.05, 0) is 35.4 Å². The Labute approximate surface area is 336 Å². The van der Waals surface area contributed by atoms with Gasteiger partial charge in [0.2, 0.25) is 11.7 Å². The number of aromatic nitrogens is 5. The summed E-state index contributed by atoms with van der Waals surface area (Å²) in [7, 11) is 3.42. The van der Waals surface area contributed by atoms with Crippen LogP contribution in [0.25, 0.3) is 0 Å². The highest BCUT2D eigenvalue weighted by Crippen LogP contribution is 2.24. The molecule has 17 nitrogen and oxygen atoms in total. The van der Waals surface area contributed by atoms with Gasteiger partial charge in [-0.1, -0.05) is 60.7 Å². The number of hydrogen-bond donors (Lipinski definition) is 6. The molecule has 3 amide bonds. The van der Waals surface area contributed by atoms with E-state index in [0.717, 1.165) is 21.2 Å². The maximum absolute atomic E-state index is 12.6. The van der Waals surface area contributed by atoms with E-state index < -0.39 is 29.8 Å². The largest absolute Gasteiger partial charge is 0.475 e. The lowest BCUT2D eigenvalue weighted by Crippen LogP contribution is -2.51. The molecule has 2 aliphatic rings. The molecule has 0 unspecified atom stereocenters. The number of carboxylic acids is 1. The Morgan fingerprint density at radius 1 is 0.893 bits per heavy atom. The first-order chi connectivity index (χ1) is 26.4. The van der Waals surface area contributed by atoms with E-state index >= 15 is 0 Å². The number of rotatable bonds is 6. The number of aliphatic imine (C=N–C) groups is 1. The number of amidine groups is 2. The molecule has 5 heterocycles. The number of aliphatic carboxylic acids is 1. The van der Waals surface area contributed by atoms with Crippen molar-refractivity contribution in [2.75, 3.05) is 35.6 Å². The van der Waals surface area contributed by atoms with E-state index in [1.54, 1.807) is 35.5 Å². The maximum atomic E-state index is 12.6. The highest BCUT2D eigenvalue weighted by molar-refractivity contribution is 7.99. The molecule has 8 N–H and O–H groups in total. The summed E-state index contributed by atoms with van der Waals surface area (Å²) < 4.78 is 3.59. The molecule has 0 saturated carbocycles. The summed E-state index contributed by atoms with van der Waals surface area (Å²) in [6.45, 7) is 0. The molecule has 0 bridgehead atoms. The Morgan fingerprint density at radius 2 is 1.45 bits per heavy atom. The van der Waals surface area contributed by atoms with E-state index in [1.807, 2.05) is 102 Å². The SMILES string of the molecule is CN1C(=O)[C@@H](N)CSc2cccn21.CN1C(=O)[C@@H](NC(=O)c2n[nH]c(Cc3ccccc3)n2)CSc2cccn21.Cl.N=C(N=C(N)Cc1ccccc1)C(=O)O. The third kappa shape index (κ3) is 11.3. The number of halogens is 1. The number of nitrogens with one attached hydrogen (secondary N) is 3. The number of carboxylic acid groups (broad SMARTS) is 1. The molecule has 0 spiro atoms. The number of benzene rings is 2. The van der Waals surface area contributed by atoms with Crippen molar-refractivity contribution in [3.05, 3.63) is 120 Å². The van der Waals surface area contributed by atoms with Crippen LogP contribution in [0.1, 0.15) is 27.6 Å². The smallest absolute Gasteiger partial charge is 0.373 e. The summed E-state index contributed by atoms with van der Waals surface area (Å²) in [5.41, 5.74) is 13.2. The van der Waals surface area contributed by atoms with Crippen LogP contribution in [0.15, 0.2) is 112 Å². The molecule has 2 aromatic carbocycles. The molecule has 0 radical (unpaired) electrons. The monoisotopic (exact) mass is 820 g/mol. The fourth-order valence-electron chi connectivity index (χ4n) is 5.23. The fraction of sp³-hybridized carbons (Fsp3) is 0.222. The molecule has 2 atom stereocenters. The molecular weight excluding hydrogens is 780 g/mol. The minimum absolute atomic E-state index is 0. The molecule has 56 heavy (non-hydrogen) atoms. The Balaban J connectivity index is 0.000000204. The number of nitrogens with two attached hydrogens (primary N) is 2. The van der Waals surface area contributed by atoms with E-state index in [-0.39, 0.29) is 35.9 Å². The van der Waals surface area contributed by atoms with Crippen molar-refractivity contribution in [2.45, 2.75) is 35.0 Å². The number of H-pyrrole nitrogens is 1. The van der Waals surface area contributed by atoms with E-state index in [9.17, 15) is 19.2 Å². The number of nitrogens with zero attached hydrogens (tertiary/aromatic N) is 7. The van der Waals surface area contributed by atoms with Crippen molar-refractivity contribution in [3.63, 3.8) is 0 Å². The number of likely N-dealkylation sites (N-methyl/N-ethyl adjacent to an activating group) is 2. The highest BCUT2D eigenvalue weighted by Gasteiger charge is 2.30. The number of carbonyl (C=O) groups is 4. The summed E-state index contributed by atoms with van der Waals surface area (Å²) in [6, 6.07) is 25.8. The van der Waals surface area contributed by atoms with Crippen molar-refractivity contribution >= 4 is 71.3 Å². The number of aromatic amines is 1. The van der Waals surface area contributed by atoms with E-state index in [1.165, 1.54) is 16.8 Å². The second kappa shape index (κ2) is 20.1. The average Bonchev–Trinajstić information content (AvgIpc) is 3.95. The Morgan fingerprint density at radius 3 is 2.04 bits per heavy atom. The van der Waals surface area contributed by atoms with Crippen LogP contribution in [-0.4, -0.2) is 103 Å². The van der Waals surface area contributed by atoms with Crippen LogP contribution in [-0.2, 0) is 27.2 Å². The van der Waals surface area contributed by atoms with E-state index in [0.29, 0.717) is 30.2 Å². The van der Waals surface area contributed by atoms with Gasteiger partial charge < -0.3 is 21.9 Å². The van der Waals surface area contributed by atoms with Gasteiger partial charge in [0, 0.05) is 50.8 Å². The number of amides is 3. The second-order valence-electron chi connectivity index (χ2n) is 12.0. The van der Waals surface area contributed by atoms with Gasteiger partial charge >= 0.3 is 5.97 Å². The minimum Gasteiger partial charge on any atom is -0.475 e. The highest BCUT2D eigenvalue weighted by atomic mass is 35.5. The van der Waals surface area contributed by atoms with Gasteiger partial charge in [0.1, 0.15) is 17.7 Å². The molecule has 0 fully saturated rings. The third-order valence-corrected chi connectivity index (χ3v) is 10.3. The molecule has 2 aliphatic heterocycles. The standard InChI is InChI=1S/C18H18N6O2S.C10H11N3O2.C8H11N3OS.ClH/c1-23-18(26)13(11-27-15-8-5-9-24(15)23)19-17(25)16-20-14(21-22-16)10-12-6-3-2-4-7-12;11-8(13-9(12)10(14)15)6-7-4-2-1-3-5-7;1-10-8(12)6(9)5-13-7-3-2-4-11(7)10;/h2-9,13H,10-11H2,1H3,(H,19,25)(H,20,21,22);1-5H,6H2,(H,14,15)(H3,11,12,13);2-4,6H,5,9H2,1H3;1H/t13-;;6-;/m0.0./s1. The first kappa shape index (κ1) is 42.8. The second-order valence-corrected chi connectivity index (χ2v) is 14.1. The van der Waals surface area contributed by atoms with Crippen molar-refractivity contribution < 1.29 is 24.3 Å². The lowest BCUT2D eigenvalue weighted by atomic mass is 10.1. The van der Waals surface area contributed by atoms with Crippen LogP contribution in [0.2, 0.25) is 0 Å². The van der Waals surface area contributed by atoms with Gasteiger partial charge in [0.25, 0.3) is 17.7 Å². The molecule has 7 rings (SSSR count). The molecule has 0 aliphatic carbocycles. The predicted octanol–water partition coefficient (Wildman–Crippen LogP) is 2.28. The van der Waals surface area contributed by atoms with Crippen molar-refractivity contribution in [1.82, 2.24) is 29.9 Å². The lowest BCUT2D eigenvalue weighted by Gasteiger charge is -2.21. The predicted molar refractivity (Wildman–Crippen MR) is 218 cm³/mol. The zero-order valence-corrected chi connectivity index (χ0v) is 32.8. The summed E-state index contributed by atoms with van der Waals surface area (Å²) in [5, 5.41) is 30.0. The van der Waals surface area contributed by atoms with Gasteiger partial charge in [-0.3, -0.25) is 44.3 Å². The van der Waals surface area contributed by atoms with Crippen LogP contribution in [0, 0.1) is 5.41 Å². The van der Waals surface area contributed by atoms with E-state index in [2.05, 4.69) is 25.5 Å². The van der Waals surface area contributed by atoms with Crippen LogP contribution in [0.3, 0.4) is 0 Å². The van der Waals surface area contributed by atoms with Crippen molar-refractivity contribution in [2.24, 2.45) is 16.5 Å². The fourth-order valence-corrected chi connectivity index (χ4v) is 7.27. The molecule has 3 aromatic heterocycles. The van der Waals surface area contributed by atoms with Gasteiger partial charge in [-0.25, -0.2) is 14.8 Å². The average molecular weight is 821 g/mol. The topological polar surface area (TPSA) is 247 Å². The quantitative estimate of drug-likeness (QED) is 0.107. The zero-order chi connectivity index (χ0) is 39.5. The molecule has 0 saturated heterocycles. The molecule has 20 heteroatoms. The molecular formula is C36H41ClN12O5S2. The Bertz CT molecular complexity index is 2160. The first-order valence-corrected chi connectivity index (χ1v) is 18.7. The zero-order valence-electron chi connectivity index (χ0n) is 30.3. The molecule has 294 valence electrons. The minimum atomic E-state index is -1.38. The first-order valence-electron chi connectivity index (χ1n) is 16.8. The maximum Gasteiger partial charge on any atom is 0.373 e. The Kier molecular flexibility index (Phi) is 15.4. The van der Waals surface area contributed by atoms with Gasteiger partial charge in [0.15, 0.2) is 0 Å². The van der Waals surface area contributed by atoms with Crippen LogP contribution in [0.5, 0.6) is 0 Å². The number of carbonyl (C=O) groups excluding carboxylic acids is 3. The third-order valence-electron chi connectivity index (χ3n) is 8.03. The molecule has 5 aromatic rings. The van der Waals surface area contributed by atoms with Gasteiger partial charge in [0.05, 0.1) is 16.1 Å². The van der Waals surface area contributed by atoms with Gasteiger partial charge in [-0.2, -0.15) is 0 Å².